The molecule has 1 aromatic heterocycles. The zero-order valence-electron chi connectivity index (χ0n) is 11.7. The zero-order chi connectivity index (χ0) is 15.9. The number of para-hydroxylation sites is 1. The number of amides is 1. The van der Waals surface area contributed by atoms with Crippen LogP contribution in [0.25, 0.3) is 0 Å². The fourth-order valence-corrected chi connectivity index (χ4v) is 2.25. The van der Waals surface area contributed by atoms with E-state index in [1.807, 2.05) is 0 Å². The number of hydrogen-bond donors (Lipinski definition) is 1. The lowest BCUT2D eigenvalue weighted by molar-refractivity contribution is -0.139. The van der Waals surface area contributed by atoms with E-state index in [2.05, 4.69) is 15.0 Å². The molecule has 0 spiro atoms. The average molecular weight is 324 g/mol. The van der Waals surface area contributed by atoms with Crippen molar-refractivity contribution in [2.24, 2.45) is 0 Å². The Labute approximate surface area is 129 Å². The van der Waals surface area contributed by atoms with E-state index in [0.29, 0.717) is 10.8 Å². The van der Waals surface area contributed by atoms with E-state index in [1.165, 1.54) is 36.6 Å². The Hall–Kier alpha value is -2.48. The molecule has 1 aromatic carbocycles. The van der Waals surface area contributed by atoms with Crippen LogP contribution in [0.15, 0.2) is 29.6 Å². The highest BCUT2D eigenvalue weighted by Gasteiger charge is 2.11. The summed E-state index contributed by atoms with van der Waals surface area (Å²) in [7, 11) is 1.29. The van der Waals surface area contributed by atoms with E-state index in [9.17, 15) is 14.0 Å². The monoisotopic (exact) mass is 324 g/mol. The fourth-order valence-electron chi connectivity index (χ4n) is 1.53. The minimum atomic E-state index is -0.537. The summed E-state index contributed by atoms with van der Waals surface area (Å²) >= 11 is 1.17. The van der Waals surface area contributed by atoms with Crippen LogP contribution in [0.3, 0.4) is 0 Å². The Morgan fingerprint density at radius 1 is 1.36 bits per heavy atom. The lowest BCUT2D eigenvalue weighted by atomic mass is 10.3. The SMILES string of the molecule is COC(=O)Cc1csc(NC(=O)COc2ccccc2F)n1. The highest BCUT2D eigenvalue weighted by atomic mass is 32.1. The number of carbonyl (C=O) groups excluding carboxylic acids is 2. The third-order valence-electron chi connectivity index (χ3n) is 2.55. The van der Waals surface area contributed by atoms with Crippen LogP contribution in [0.5, 0.6) is 5.75 Å². The number of hydrogen-bond acceptors (Lipinski definition) is 6. The largest absolute Gasteiger partial charge is 0.481 e. The summed E-state index contributed by atoms with van der Waals surface area (Å²) in [5.74, 6) is -1.42. The number of thiazole rings is 1. The van der Waals surface area contributed by atoms with Gasteiger partial charge in [-0.1, -0.05) is 12.1 Å². The number of ether oxygens (including phenoxy) is 2. The minimum absolute atomic E-state index is 0.00293. The van der Waals surface area contributed by atoms with Crippen LogP contribution in [0, 0.1) is 5.82 Å². The summed E-state index contributed by atoms with van der Waals surface area (Å²) in [4.78, 5) is 26.9. The van der Waals surface area contributed by atoms with Gasteiger partial charge < -0.3 is 9.47 Å². The molecule has 1 N–H and O–H groups in total. The molecule has 0 unspecified atom stereocenters. The van der Waals surface area contributed by atoms with E-state index in [-0.39, 0.29) is 18.8 Å². The van der Waals surface area contributed by atoms with Gasteiger partial charge >= 0.3 is 5.97 Å². The Morgan fingerprint density at radius 3 is 2.86 bits per heavy atom. The van der Waals surface area contributed by atoms with Gasteiger partial charge in [-0.2, -0.15) is 0 Å². The Balaban J connectivity index is 1.85. The molecule has 0 bridgehead atoms. The number of anilines is 1. The number of carbonyl (C=O) groups is 2. The molecule has 0 atom stereocenters. The Bertz CT molecular complexity index is 674. The number of rotatable bonds is 6. The Kier molecular flexibility index (Phi) is 5.42. The highest BCUT2D eigenvalue weighted by molar-refractivity contribution is 7.13. The molecule has 6 nitrogen and oxygen atoms in total. The van der Waals surface area contributed by atoms with Gasteiger partial charge in [-0.3, -0.25) is 14.9 Å². The molecule has 0 aliphatic heterocycles. The number of halogens is 1. The molecule has 2 aromatic rings. The van der Waals surface area contributed by atoms with Gasteiger partial charge in [-0.25, -0.2) is 9.37 Å². The lowest BCUT2D eigenvalue weighted by Gasteiger charge is -2.06. The summed E-state index contributed by atoms with van der Waals surface area (Å²) in [5, 5.41) is 4.49. The van der Waals surface area contributed by atoms with Crippen LogP contribution in [0.1, 0.15) is 5.69 Å². The van der Waals surface area contributed by atoms with E-state index < -0.39 is 17.7 Å². The second kappa shape index (κ2) is 7.51. The van der Waals surface area contributed by atoms with Crippen LogP contribution in [-0.2, 0) is 20.7 Å². The highest BCUT2D eigenvalue weighted by Crippen LogP contribution is 2.17. The predicted octanol–water partition coefficient (Wildman–Crippen LogP) is 2.02. The van der Waals surface area contributed by atoms with E-state index in [1.54, 1.807) is 11.4 Å². The van der Waals surface area contributed by atoms with Gasteiger partial charge in [-0.15, -0.1) is 11.3 Å². The number of esters is 1. The third kappa shape index (κ3) is 4.52. The molecular weight excluding hydrogens is 311 g/mol. The third-order valence-corrected chi connectivity index (χ3v) is 3.35. The second-order valence-corrected chi connectivity index (χ2v) is 5.02. The number of aromatic nitrogens is 1. The smallest absolute Gasteiger partial charge is 0.311 e. The molecule has 2 rings (SSSR count). The van der Waals surface area contributed by atoms with Gasteiger partial charge in [0, 0.05) is 5.38 Å². The molecule has 0 fully saturated rings. The van der Waals surface area contributed by atoms with E-state index in [0.717, 1.165) is 0 Å². The summed E-state index contributed by atoms with van der Waals surface area (Å²) in [6.07, 6.45) is 0.0363. The van der Waals surface area contributed by atoms with Crippen LogP contribution in [-0.4, -0.2) is 30.6 Å². The molecule has 116 valence electrons. The van der Waals surface area contributed by atoms with Crippen LogP contribution in [0.4, 0.5) is 9.52 Å². The second-order valence-electron chi connectivity index (χ2n) is 4.16. The van der Waals surface area contributed by atoms with Crippen molar-refractivity contribution in [2.45, 2.75) is 6.42 Å². The molecule has 0 saturated heterocycles. The van der Waals surface area contributed by atoms with Crippen LogP contribution in [0.2, 0.25) is 0 Å². The number of benzene rings is 1. The van der Waals surface area contributed by atoms with Crippen molar-refractivity contribution in [1.82, 2.24) is 4.98 Å². The average Bonchev–Trinajstić information content (AvgIpc) is 2.93. The first-order valence-electron chi connectivity index (χ1n) is 6.27. The quantitative estimate of drug-likeness (QED) is 0.823. The van der Waals surface area contributed by atoms with Crippen molar-refractivity contribution in [3.63, 3.8) is 0 Å². The molecule has 0 saturated carbocycles. The predicted molar refractivity (Wildman–Crippen MR) is 78.4 cm³/mol. The van der Waals surface area contributed by atoms with E-state index >= 15 is 0 Å². The molecule has 0 aliphatic rings. The van der Waals surface area contributed by atoms with Gasteiger partial charge in [0.1, 0.15) is 0 Å². The first kappa shape index (κ1) is 15.9. The summed E-state index contributed by atoms with van der Waals surface area (Å²) in [6, 6.07) is 5.81. The molecule has 1 amide bonds. The standard InChI is InChI=1S/C14H13FN2O4S/c1-20-13(19)6-9-8-22-14(16-9)17-12(18)7-21-11-5-3-2-4-10(11)15/h2-5,8H,6-7H2,1H3,(H,16,17,18). The number of nitrogens with one attached hydrogen (secondary N) is 1. The molecule has 0 aliphatic carbocycles. The van der Waals surface area contributed by atoms with Crippen molar-refractivity contribution >= 4 is 28.3 Å². The topological polar surface area (TPSA) is 77.5 Å². The lowest BCUT2D eigenvalue weighted by Crippen LogP contribution is -2.20. The van der Waals surface area contributed by atoms with E-state index in [4.69, 9.17) is 4.74 Å². The van der Waals surface area contributed by atoms with Crippen LogP contribution >= 0.6 is 11.3 Å². The van der Waals surface area contributed by atoms with Crippen molar-refractivity contribution in [2.75, 3.05) is 19.0 Å². The number of nitrogens with zero attached hydrogens (tertiary/aromatic N) is 1. The van der Waals surface area contributed by atoms with Gasteiger partial charge in [0.2, 0.25) is 0 Å². The zero-order valence-corrected chi connectivity index (χ0v) is 12.5. The van der Waals surface area contributed by atoms with Crippen molar-refractivity contribution in [1.29, 1.82) is 0 Å². The molecule has 1 heterocycles. The molecule has 22 heavy (non-hydrogen) atoms. The number of methoxy groups -OCH3 is 1. The van der Waals surface area contributed by atoms with Gasteiger partial charge in [-0.05, 0) is 12.1 Å². The minimum Gasteiger partial charge on any atom is -0.481 e. The van der Waals surface area contributed by atoms with Gasteiger partial charge in [0.15, 0.2) is 23.3 Å². The molecule has 0 radical (unpaired) electrons. The van der Waals surface area contributed by atoms with Crippen LogP contribution < -0.4 is 10.1 Å². The Morgan fingerprint density at radius 2 is 2.14 bits per heavy atom. The van der Waals surface area contributed by atoms with Crippen molar-refractivity contribution < 1.29 is 23.5 Å². The summed E-state index contributed by atoms with van der Waals surface area (Å²) in [6.45, 7) is -0.340. The van der Waals surface area contributed by atoms with Crippen molar-refractivity contribution in [3.05, 3.63) is 41.2 Å². The first-order chi connectivity index (χ1) is 10.6. The fraction of sp³-hybridized carbons (Fsp3) is 0.214. The maximum absolute atomic E-state index is 13.3. The van der Waals surface area contributed by atoms with Gasteiger partial charge in [0.25, 0.3) is 5.91 Å². The normalized spacial score (nSPS) is 10.1. The van der Waals surface area contributed by atoms with Gasteiger partial charge in [0.05, 0.1) is 19.2 Å². The maximum atomic E-state index is 13.3. The maximum Gasteiger partial charge on any atom is 0.311 e. The molecular formula is C14H13FN2O4S. The van der Waals surface area contributed by atoms with Crippen molar-refractivity contribution in [3.8, 4) is 5.75 Å². The summed E-state index contributed by atoms with van der Waals surface area (Å²) < 4.78 is 22.9. The summed E-state index contributed by atoms with van der Waals surface area (Å²) in [5.41, 5.74) is 0.502. The molecule has 8 heteroatoms. The first-order valence-corrected chi connectivity index (χ1v) is 7.15.